The van der Waals surface area contributed by atoms with E-state index in [-0.39, 0.29) is 0 Å². The van der Waals surface area contributed by atoms with Crippen molar-refractivity contribution in [3.63, 3.8) is 0 Å². The van der Waals surface area contributed by atoms with Crippen LogP contribution in [0.4, 0.5) is 5.69 Å². The first kappa shape index (κ1) is 20.5. The Hall–Kier alpha value is -2.20. The summed E-state index contributed by atoms with van der Waals surface area (Å²) in [4.78, 5) is 4.45. The fraction of sp³-hybridized carbons (Fsp3) is 0.136. The van der Waals surface area contributed by atoms with Gasteiger partial charge in [-0.2, -0.15) is 0 Å². The number of benzene rings is 3. The Bertz CT molecular complexity index is 1020. The second kappa shape index (κ2) is 9.33. The first-order valence-electron chi connectivity index (χ1n) is 8.51. The highest BCUT2D eigenvalue weighted by atomic mass is 35.5. The van der Waals surface area contributed by atoms with Gasteiger partial charge in [0.15, 0.2) is 11.5 Å². The third kappa shape index (κ3) is 5.20. The lowest BCUT2D eigenvalue weighted by atomic mass is 10.2. The van der Waals surface area contributed by atoms with Crippen LogP contribution in [0.3, 0.4) is 0 Å². The van der Waals surface area contributed by atoms with Crippen molar-refractivity contribution in [3.8, 4) is 11.5 Å². The Balaban J connectivity index is 1.80. The van der Waals surface area contributed by atoms with Crippen LogP contribution >= 0.6 is 34.8 Å². The molecule has 3 aromatic rings. The predicted molar refractivity (Wildman–Crippen MR) is 117 cm³/mol. The summed E-state index contributed by atoms with van der Waals surface area (Å²) in [5.41, 5.74) is 3.49. The molecule has 0 saturated heterocycles. The summed E-state index contributed by atoms with van der Waals surface area (Å²) in [6, 6.07) is 16.7. The molecule has 3 rings (SSSR count). The summed E-state index contributed by atoms with van der Waals surface area (Å²) in [6.45, 7) is 2.27. The van der Waals surface area contributed by atoms with E-state index in [1.165, 1.54) is 0 Å². The van der Waals surface area contributed by atoms with E-state index in [4.69, 9.17) is 44.3 Å². The molecule has 0 heterocycles. The maximum atomic E-state index is 6.42. The zero-order valence-electron chi connectivity index (χ0n) is 15.4. The average Bonchev–Trinajstić information content (AvgIpc) is 2.67. The quantitative estimate of drug-likeness (QED) is 0.381. The van der Waals surface area contributed by atoms with Gasteiger partial charge in [-0.05, 0) is 60.0 Å². The van der Waals surface area contributed by atoms with Gasteiger partial charge < -0.3 is 9.47 Å². The minimum absolute atomic E-state index is 0.325. The largest absolute Gasteiger partial charge is 0.493 e. The molecule has 0 atom stereocenters. The fourth-order valence-corrected chi connectivity index (χ4v) is 3.21. The summed E-state index contributed by atoms with van der Waals surface area (Å²) in [7, 11) is 1.57. The first-order valence-corrected chi connectivity index (χ1v) is 9.64. The molecule has 0 N–H and O–H groups in total. The van der Waals surface area contributed by atoms with Crippen molar-refractivity contribution in [1.29, 1.82) is 0 Å². The van der Waals surface area contributed by atoms with E-state index in [2.05, 4.69) is 4.99 Å². The fourth-order valence-electron chi connectivity index (χ4n) is 2.55. The Kier molecular flexibility index (Phi) is 6.84. The van der Waals surface area contributed by atoms with Crippen LogP contribution < -0.4 is 9.47 Å². The summed E-state index contributed by atoms with van der Waals surface area (Å²) in [5, 5.41) is 1.77. The van der Waals surface area contributed by atoms with E-state index in [9.17, 15) is 0 Å². The van der Waals surface area contributed by atoms with Crippen LogP contribution in [0.25, 0.3) is 0 Å². The molecule has 28 heavy (non-hydrogen) atoms. The highest BCUT2D eigenvalue weighted by Crippen LogP contribution is 2.37. The molecule has 3 nitrogen and oxygen atoms in total. The predicted octanol–water partition coefficient (Wildman–Crippen LogP) is 7.29. The molecule has 144 valence electrons. The first-order chi connectivity index (χ1) is 13.5. The van der Waals surface area contributed by atoms with Crippen molar-refractivity contribution >= 4 is 46.7 Å². The minimum atomic E-state index is 0.325. The van der Waals surface area contributed by atoms with Gasteiger partial charge in [-0.25, -0.2) is 0 Å². The van der Waals surface area contributed by atoms with Gasteiger partial charge in [-0.1, -0.05) is 53.0 Å². The van der Waals surface area contributed by atoms with Gasteiger partial charge in [0.1, 0.15) is 6.61 Å². The molecule has 0 saturated carbocycles. The molecule has 0 aromatic heterocycles. The van der Waals surface area contributed by atoms with Crippen LogP contribution in [0.15, 0.2) is 59.6 Å². The molecular formula is C22H18Cl3NO2. The van der Waals surface area contributed by atoms with Crippen LogP contribution in [0.5, 0.6) is 11.5 Å². The summed E-state index contributed by atoms with van der Waals surface area (Å²) in [6.07, 6.45) is 1.70. The average molecular weight is 435 g/mol. The molecule has 0 aliphatic rings. The normalized spacial score (nSPS) is 11.0. The van der Waals surface area contributed by atoms with Crippen molar-refractivity contribution in [2.45, 2.75) is 13.5 Å². The van der Waals surface area contributed by atoms with Crippen molar-refractivity contribution in [1.82, 2.24) is 0 Å². The van der Waals surface area contributed by atoms with Crippen molar-refractivity contribution in [2.75, 3.05) is 7.11 Å². The van der Waals surface area contributed by atoms with Gasteiger partial charge in [0, 0.05) is 16.3 Å². The topological polar surface area (TPSA) is 30.8 Å². The van der Waals surface area contributed by atoms with Crippen LogP contribution in [0, 0.1) is 6.92 Å². The van der Waals surface area contributed by atoms with Gasteiger partial charge in [-0.15, -0.1) is 0 Å². The molecule has 0 radical (unpaired) electrons. The van der Waals surface area contributed by atoms with E-state index < -0.39 is 0 Å². The molecule has 0 amide bonds. The summed E-state index contributed by atoms with van der Waals surface area (Å²) >= 11 is 18.6. The van der Waals surface area contributed by atoms with Crippen molar-refractivity contribution < 1.29 is 9.47 Å². The number of rotatable bonds is 6. The van der Waals surface area contributed by atoms with Gasteiger partial charge >= 0.3 is 0 Å². The maximum Gasteiger partial charge on any atom is 0.180 e. The molecule has 0 bridgehead atoms. The number of halogens is 3. The number of hydrogen-bond donors (Lipinski definition) is 0. The van der Waals surface area contributed by atoms with Crippen LogP contribution in [-0.2, 0) is 6.61 Å². The Morgan fingerprint density at radius 1 is 0.964 bits per heavy atom. The van der Waals surface area contributed by atoms with E-state index in [1.807, 2.05) is 55.5 Å². The maximum absolute atomic E-state index is 6.42. The van der Waals surface area contributed by atoms with Gasteiger partial charge in [0.25, 0.3) is 0 Å². The molecule has 6 heteroatoms. The highest BCUT2D eigenvalue weighted by Gasteiger charge is 2.12. The summed E-state index contributed by atoms with van der Waals surface area (Å²) in [5.74, 6) is 0.998. The van der Waals surface area contributed by atoms with E-state index in [1.54, 1.807) is 19.4 Å². The molecule has 3 aromatic carbocycles. The third-order valence-corrected chi connectivity index (χ3v) is 4.97. The SMILES string of the molecule is COc1cc(C=Nc2ccc(C)c(Cl)c2)cc(Cl)c1OCc1cccc(Cl)c1. The number of aryl methyl sites for hydroxylation is 1. The van der Waals surface area contributed by atoms with Crippen LogP contribution in [-0.4, -0.2) is 13.3 Å². The number of hydrogen-bond acceptors (Lipinski definition) is 3. The monoisotopic (exact) mass is 433 g/mol. The van der Waals surface area contributed by atoms with Gasteiger partial charge in [-0.3, -0.25) is 4.99 Å². The van der Waals surface area contributed by atoms with Crippen molar-refractivity contribution in [2.24, 2.45) is 4.99 Å². The lowest BCUT2D eigenvalue weighted by Gasteiger charge is -2.13. The van der Waals surface area contributed by atoms with Crippen LogP contribution in [0.2, 0.25) is 15.1 Å². The highest BCUT2D eigenvalue weighted by molar-refractivity contribution is 6.32. The smallest absolute Gasteiger partial charge is 0.180 e. The molecular weight excluding hydrogens is 417 g/mol. The number of aliphatic imine (C=N–C) groups is 1. The van der Waals surface area contributed by atoms with Gasteiger partial charge in [0.05, 0.1) is 17.8 Å². The zero-order chi connectivity index (χ0) is 20.1. The molecule has 0 spiro atoms. The standard InChI is InChI=1S/C22H18Cl3NO2/c1-14-6-7-18(11-19(14)24)26-12-16-9-20(25)22(21(10-16)27-2)28-13-15-4-3-5-17(23)8-15/h3-12H,13H2,1-2H3. The Labute approximate surface area is 179 Å². The lowest BCUT2D eigenvalue weighted by molar-refractivity contribution is 0.284. The van der Waals surface area contributed by atoms with Crippen LogP contribution in [0.1, 0.15) is 16.7 Å². The molecule has 0 aliphatic heterocycles. The Morgan fingerprint density at radius 2 is 1.79 bits per heavy atom. The Morgan fingerprint density at radius 3 is 2.50 bits per heavy atom. The zero-order valence-corrected chi connectivity index (χ0v) is 17.6. The summed E-state index contributed by atoms with van der Waals surface area (Å²) < 4.78 is 11.3. The van der Waals surface area contributed by atoms with Gasteiger partial charge in [0.2, 0.25) is 0 Å². The van der Waals surface area contributed by atoms with E-state index in [0.717, 1.165) is 22.4 Å². The van der Waals surface area contributed by atoms with Crippen molar-refractivity contribution in [3.05, 3.63) is 86.4 Å². The second-order valence-corrected chi connectivity index (χ2v) is 7.40. The lowest BCUT2D eigenvalue weighted by Crippen LogP contribution is -1.99. The van der Waals surface area contributed by atoms with E-state index >= 15 is 0 Å². The number of methoxy groups -OCH3 is 1. The molecule has 0 aliphatic carbocycles. The molecule has 0 fully saturated rings. The number of ether oxygens (including phenoxy) is 2. The molecule has 0 unspecified atom stereocenters. The third-order valence-electron chi connectivity index (χ3n) is 4.04. The minimum Gasteiger partial charge on any atom is -0.493 e. The number of nitrogens with zero attached hydrogens (tertiary/aromatic N) is 1. The van der Waals surface area contributed by atoms with E-state index in [0.29, 0.717) is 33.2 Å². The second-order valence-electron chi connectivity index (χ2n) is 6.14.